The van der Waals surface area contributed by atoms with Gasteiger partial charge in [0.05, 0.1) is 59.6 Å². The van der Waals surface area contributed by atoms with Gasteiger partial charge < -0.3 is 19.5 Å². The number of benzene rings is 1. The first-order chi connectivity index (χ1) is 19.7. The second-order valence-electron chi connectivity index (χ2n) is 8.27. The maximum Gasteiger partial charge on any atom is 0.336 e. The Hall–Kier alpha value is -3.64. The van der Waals surface area contributed by atoms with Gasteiger partial charge in [-0.1, -0.05) is 47.1 Å². The number of hydrogen-bond donors (Lipinski definition) is 2. The number of methoxy groups -OCH3 is 2. The number of aliphatic imine (C=N–C) groups is 1. The lowest BCUT2D eigenvalue weighted by molar-refractivity contribution is -0.139. The van der Waals surface area contributed by atoms with Crippen LogP contribution in [0, 0.1) is 11.5 Å². The van der Waals surface area contributed by atoms with E-state index >= 15 is 0 Å². The van der Waals surface area contributed by atoms with E-state index in [1.807, 2.05) is 6.19 Å². The average molecular weight is 624 g/mol. The molecule has 16 heteroatoms. The molecular formula is C25H28Cl2N8O5S. The van der Waals surface area contributed by atoms with Gasteiger partial charge in [-0.2, -0.15) is 10.1 Å². The van der Waals surface area contributed by atoms with E-state index in [1.165, 1.54) is 30.8 Å². The number of ether oxygens (including phenoxy) is 3. The van der Waals surface area contributed by atoms with Gasteiger partial charge in [0.1, 0.15) is 0 Å². The average Bonchev–Trinajstić information content (AvgIpc) is 3.42. The molecule has 2 atom stereocenters. The molecule has 0 saturated heterocycles. The molecule has 41 heavy (non-hydrogen) atoms. The van der Waals surface area contributed by atoms with Gasteiger partial charge in [-0.25, -0.2) is 9.59 Å². The van der Waals surface area contributed by atoms with Crippen LogP contribution < -0.4 is 10.6 Å². The molecule has 0 amide bonds. The third-order valence-corrected chi connectivity index (χ3v) is 7.35. The Morgan fingerprint density at radius 3 is 2.68 bits per heavy atom. The van der Waals surface area contributed by atoms with Crippen LogP contribution in [-0.2, 0) is 30.3 Å². The highest BCUT2D eigenvalue weighted by Gasteiger charge is 2.43. The van der Waals surface area contributed by atoms with Crippen LogP contribution in [0.3, 0.4) is 0 Å². The van der Waals surface area contributed by atoms with Crippen molar-refractivity contribution >= 4 is 52.1 Å². The van der Waals surface area contributed by atoms with E-state index in [0.29, 0.717) is 16.4 Å². The number of nitriles is 1. The molecule has 0 radical (unpaired) electrons. The van der Waals surface area contributed by atoms with Crippen molar-refractivity contribution in [1.29, 1.82) is 5.26 Å². The van der Waals surface area contributed by atoms with Crippen molar-refractivity contribution in [2.45, 2.75) is 32.4 Å². The second-order valence-corrected chi connectivity index (χ2v) is 9.85. The van der Waals surface area contributed by atoms with Gasteiger partial charge in [-0.15, -0.1) is 10.2 Å². The smallest absolute Gasteiger partial charge is 0.336 e. The van der Waals surface area contributed by atoms with Crippen molar-refractivity contribution in [3.63, 3.8) is 0 Å². The summed E-state index contributed by atoms with van der Waals surface area (Å²) in [6.07, 6.45) is 2.59. The number of dihydropyridines is 1. The van der Waals surface area contributed by atoms with Gasteiger partial charge in [0.25, 0.3) is 0 Å². The molecule has 0 spiro atoms. The highest BCUT2D eigenvalue weighted by molar-refractivity contribution is 8.13. The van der Waals surface area contributed by atoms with Crippen LogP contribution in [0.2, 0.25) is 10.0 Å². The molecule has 218 valence electrons. The van der Waals surface area contributed by atoms with Gasteiger partial charge in [-0.05, 0) is 36.9 Å². The summed E-state index contributed by atoms with van der Waals surface area (Å²) in [5.41, 5.74) is 1.20. The Kier molecular flexibility index (Phi) is 11.5. The van der Waals surface area contributed by atoms with E-state index in [2.05, 4.69) is 31.0 Å². The monoisotopic (exact) mass is 622 g/mol. The predicted molar refractivity (Wildman–Crippen MR) is 153 cm³/mol. The van der Waals surface area contributed by atoms with Crippen LogP contribution in [0.15, 0.2) is 45.7 Å². The Balaban J connectivity index is 2.14. The second kappa shape index (κ2) is 14.8. The van der Waals surface area contributed by atoms with E-state index in [9.17, 15) is 9.59 Å². The summed E-state index contributed by atoms with van der Waals surface area (Å²) >= 11 is 14.2. The standard InChI is InChI=1S/C25H28Cl2N8O5S/c1-6-40-24(37)18-17(14-8-7-9-15(26)19(14)27)16(23(36)39-4)13(2)31-20(18)21(38-3)22-32-34-35(33-22)11-10-29-25(41-5)30-12-28/h7-9,17,21,31H,6,10-11H2,1-5H3,(H,29,30). The van der Waals surface area contributed by atoms with Crippen LogP contribution in [-0.4, -0.2) is 70.9 Å². The van der Waals surface area contributed by atoms with Crippen LogP contribution in [0.5, 0.6) is 0 Å². The van der Waals surface area contributed by atoms with Gasteiger partial charge in [0, 0.05) is 12.8 Å². The molecule has 2 unspecified atom stereocenters. The summed E-state index contributed by atoms with van der Waals surface area (Å²) < 4.78 is 16.3. The van der Waals surface area contributed by atoms with E-state index < -0.39 is 24.0 Å². The lowest BCUT2D eigenvalue weighted by Crippen LogP contribution is -2.36. The number of carbonyl (C=O) groups excluding carboxylic acids is 2. The van der Waals surface area contributed by atoms with E-state index in [-0.39, 0.29) is 52.4 Å². The zero-order valence-corrected chi connectivity index (χ0v) is 25.2. The van der Waals surface area contributed by atoms with Gasteiger partial charge >= 0.3 is 11.9 Å². The Labute approximate surface area is 250 Å². The summed E-state index contributed by atoms with van der Waals surface area (Å²) in [6.45, 7) is 3.91. The first-order valence-corrected chi connectivity index (χ1v) is 14.1. The molecule has 2 N–H and O–H groups in total. The number of tetrazole rings is 1. The van der Waals surface area contributed by atoms with Crippen molar-refractivity contribution in [3.8, 4) is 6.19 Å². The number of hydrogen-bond acceptors (Lipinski definition) is 12. The van der Waals surface area contributed by atoms with Gasteiger partial charge in [-0.3, -0.25) is 10.3 Å². The number of aromatic nitrogens is 4. The molecule has 2 aromatic rings. The molecule has 1 aliphatic heterocycles. The zero-order valence-electron chi connectivity index (χ0n) is 22.9. The molecule has 3 rings (SSSR count). The summed E-state index contributed by atoms with van der Waals surface area (Å²) in [6, 6.07) is 4.93. The molecule has 1 aromatic heterocycles. The normalized spacial score (nSPS) is 16.1. The molecule has 2 heterocycles. The highest BCUT2D eigenvalue weighted by Crippen LogP contribution is 2.45. The summed E-state index contributed by atoms with van der Waals surface area (Å²) in [5.74, 6) is -2.29. The van der Waals surface area contributed by atoms with Crippen LogP contribution >= 0.6 is 35.0 Å². The minimum atomic E-state index is -1.02. The third kappa shape index (κ3) is 7.17. The zero-order chi connectivity index (χ0) is 30.1. The number of allylic oxidation sites excluding steroid dienone is 1. The van der Waals surface area contributed by atoms with Crippen molar-refractivity contribution in [1.82, 2.24) is 30.8 Å². The largest absolute Gasteiger partial charge is 0.466 e. The fourth-order valence-electron chi connectivity index (χ4n) is 4.18. The maximum atomic E-state index is 13.6. The molecule has 1 aromatic carbocycles. The number of rotatable bonds is 10. The molecule has 0 bridgehead atoms. The number of nitrogens with zero attached hydrogens (tertiary/aromatic N) is 6. The quantitative estimate of drug-likeness (QED) is 0.131. The number of thioether (sulfide) groups is 1. The third-order valence-electron chi connectivity index (χ3n) is 5.90. The fraction of sp³-hybridized carbons (Fsp3) is 0.400. The fourth-order valence-corrected chi connectivity index (χ4v) is 4.97. The molecule has 13 nitrogen and oxygen atoms in total. The summed E-state index contributed by atoms with van der Waals surface area (Å²) in [7, 11) is 2.66. The van der Waals surface area contributed by atoms with Crippen molar-refractivity contribution < 1.29 is 23.8 Å². The lowest BCUT2D eigenvalue weighted by atomic mass is 9.79. The van der Waals surface area contributed by atoms with E-state index in [0.717, 1.165) is 0 Å². The minimum Gasteiger partial charge on any atom is -0.466 e. The van der Waals surface area contributed by atoms with Crippen LogP contribution in [0.25, 0.3) is 0 Å². The number of carbonyl (C=O) groups is 2. The van der Waals surface area contributed by atoms with E-state index in [1.54, 1.807) is 38.3 Å². The van der Waals surface area contributed by atoms with Crippen molar-refractivity contribution in [3.05, 3.63) is 62.2 Å². The van der Waals surface area contributed by atoms with Crippen LogP contribution in [0.1, 0.15) is 37.3 Å². The maximum absolute atomic E-state index is 13.6. The van der Waals surface area contributed by atoms with Crippen molar-refractivity contribution in [2.75, 3.05) is 33.6 Å². The first kappa shape index (κ1) is 31.9. The van der Waals surface area contributed by atoms with Crippen molar-refractivity contribution in [2.24, 2.45) is 4.99 Å². The first-order valence-electron chi connectivity index (χ1n) is 12.2. The lowest BCUT2D eigenvalue weighted by Gasteiger charge is -2.33. The minimum absolute atomic E-state index is 0.0435. The number of halogens is 2. The summed E-state index contributed by atoms with van der Waals surface area (Å²) in [4.78, 5) is 32.2. The molecule has 0 aliphatic carbocycles. The SMILES string of the molecule is CCOC(=O)C1=C(C(OC)c2nnn(CCN=C(NC#N)SC)n2)NC(C)=C(C(=O)OC)C1c1cccc(Cl)c1Cl. The van der Waals surface area contributed by atoms with E-state index in [4.69, 9.17) is 42.7 Å². The Morgan fingerprint density at radius 2 is 2.05 bits per heavy atom. The number of esters is 2. The Bertz CT molecular complexity index is 1440. The summed E-state index contributed by atoms with van der Waals surface area (Å²) in [5, 5.41) is 27.9. The predicted octanol–water partition coefficient (Wildman–Crippen LogP) is 3.11. The molecule has 0 saturated carbocycles. The Morgan fingerprint density at radius 1 is 1.29 bits per heavy atom. The van der Waals surface area contributed by atoms with Gasteiger partial charge in [0.2, 0.25) is 5.82 Å². The molecular weight excluding hydrogens is 595 g/mol. The molecule has 0 fully saturated rings. The topological polar surface area (TPSA) is 166 Å². The number of nitrogens with one attached hydrogen (secondary N) is 2. The van der Waals surface area contributed by atoms with Gasteiger partial charge in [0.15, 0.2) is 17.5 Å². The molecule has 1 aliphatic rings. The highest BCUT2D eigenvalue weighted by atomic mass is 35.5. The van der Waals surface area contributed by atoms with Crippen LogP contribution in [0.4, 0.5) is 0 Å². The number of amidine groups is 1.